The molecule has 2 aromatic carbocycles. The van der Waals surface area contributed by atoms with Gasteiger partial charge in [-0.2, -0.15) is 0 Å². The van der Waals surface area contributed by atoms with Crippen LogP contribution in [0.15, 0.2) is 57.1 Å². The number of nitrogens with one attached hydrogen (secondary N) is 1. The van der Waals surface area contributed by atoms with Gasteiger partial charge in [0.15, 0.2) is 11.5 Å². The van der Waals surface area contributed by atoms with E-state index in [0.717, 1.165) is 10.5 Å². The predicted molar refractivity (Wildman–Crippen MR) is 139 cm³/mol. The fourth-order valence-electron chi connectivity index (χ4n) is 3.42. The van der Waals surface area contributed by atoms with Crippen LogP contribution >= 0.6 is 39.1 Å². The van der Waals surface area contributed by atoms with E-state index in [1.807, 2.05) is 0 Å². The van der Waals surface area contributed by atoms with Crippen LogP contribution in [-0.4, -0.2) is 37.0 Å². The Kier molecular flexibility index (Phi) is 8.11. The number of carbonyl (C=O) groups is 3. The first kappa shape index (κ1) is 26.6. The van der Waals surface area contributed by atoms with Gasteiger partial charge in [0.05, 0.1) is 30.8 Å². The number of urea groups is 1. The highest BCUT2D eigenvalue weighted by molar-refractivity contribution is 9.10. The highest BCUT2D eigenvalue weighted by Crippen LogP contribution is 2.36. The molecule has 192 valence electrons. The summed E-state index contributed by atoms with van der Waals surface area (Å²) in [7, 11) is 2.71. The van der Waals surface area contributed by atoms with E-state index < -0.39 is 17.9 Å². The number of ether oxygens (including phenoxy) is 3. The van der Waals surface area contributed by atoms with E-state index in [2.05, 4.69) is 26.0 Å². The maximum atomic E-state index is 12.9. The minimum Gasteiger partial charge on any atom is -0.493 e. The second-order valence-corrected chi connectivity index (χ2v) is 9.37. The molecule has 0 spiro atoms. The number of imide groups is 1. The lowest BCUT2D eigenvalue weighted by molar-refractivity contribution is -0.123. The number of benzene rings is 2. The van der Waals surface area contributed by atoms with Crippen molar-refractivity contribution in [3.8, 4) is 11.5 Å². The van der Waals surface area contributed by atoms with Crippen LogP contribution in [-0.2, 0) is 22.7 Å². The van der Waals surface area contributed by atoms with E-state index in [1.165, 1.54) is 32.4 Å². The summed E-state index contributed by atoms with van der Waals surface area (Å²) in [5, 5.41) is 3.42. The number of esters is 1. The lowest BCUT2D eigenvalue weighted by atomic mass is 10.1. The van der Waals surface area contributed by atoms with Crippen LogP contribution in [0, 0.1) is 0 Å². The van der Waals surface area contributed by atoms with Crippen LogP contribution in [0.2, 0.25) is 10.0 Å². The van der Waals surface area contributed by atoms with Crippen LogP contribution < -0.4 is 14.8 Å². The lowest BCUT2D eigenvalue weighted by Crippen LogP contribution is -2.30. The molecule has 1 fully saturated rings. The molecule has 0 aliphatic carbocycles. The number of hydrogen-bond acceptors (Lipinski definition) is 7. The molecule has 1 aliphatic rings. The van der Waals surface area contributed by atoms with E-state index in [1.54, 1.807) is 30.3 Å². The first-order chi connectivity index (χ1) is 17.7. The summed E-state index contributed by atoms with van der Waals surface area (Å²) in [4.78, 5) is 37.9. The van der Waals surface area contributed by atoms with Gasteiger partial charge in [-0.3, -0.25) is 9.69 Å². The highest BCUT2D eigenvalue weighted by Gasteiger charge is 2.34. The maximum absolute atomic E-state index is 12.9. The molecular formula is C25H19BrCl2N2O7. The summed E-state index contributed by atoms with van der Waals surface area (Å²) >= 11 is 15.5. The Morgan fingerprint density at radius 2 is 1.86 bits per heavy atom. The number of hydrogen-bond donors (Lipinski definition) is 1. The first-order valence-corrected chi connectivity index (χ1v) is 12.2. The van der Waals surface area contributed by atoms with Crippen molar-refractivity contribution in [3.63, 3.8) is 0 Å². The van der Waals surface area contributed by atoms with Gasteiger partial charge in [0.25, 0.3) is 5.91 Å². The van der Waals surface area contributed by atoms with Gasteiger partial charge >= 0.3 is 12.0 Å². The van der Waals surface area contributed by atoms with Crippen molar-refractivity contribution in [1.82, 2.24) is 10.2 Å². The van der Waals surface area contributed by atoms with E-state index >= 15 is 0 Å². The summed E-state index contributed by atoms with van der Waals surface area (Å²) in [6, 6.07) is 10.8. The zero-order valence-electron chi connectivity index (χ0n) is 19.5. The van der Waals surface area contributed by atoms with Gasteiger partial charge in [0, 0.05) is 4.47 Å². The molecule has 2 heterocycles. The largest absolute Gasteiger partial charge is 0.493 e. The van der Waals surface area contributed by atoms with Crippen LogP contribution in [0.5, 0.6) is 11.5 Å². The molecule has 1 N–H and O–H groups in total. The SMILES string of the molecule is COC(=O)c1ccc(CN2C(=O)N/C(=C\c3cc(OC)c(OCc4ccc(Cl)c(Cl)c4)cc3Br)C2=O)o1. The van der Waals surface area contributed by atoms with Gasteiger partial charge in [-0.15, -0.1) is 0 Å². The summed E-state index contributed by atoms with van der Waals surface area (Å²) in [6.45, 7) is 0.0546. The van der Waals surface area contributed by atoms with Crippen LogP contribution in [0.3, 0.4) is 0 Å². The van der Waals surface area contributed by atoms with Crippen molar-refractivity contribution in [2.75, 3.05) is 14.2 Å². The molecule has 4 rings (SSSR count). The zero-order valence-corrected chi connectivity index (χ0v) is 22.6. The summed E-state index contributed by atoms with van der Waals surface area (Å²) in [6.07, 6.45) is 1.51. The Morgan fingerprint density at radius 3 is 2.57 bits per heavy atom. The third kappa shape index (κ3) is 5.93. The van der Waals surface area contributed by atoms with Gasteiger partial charge in [0.1, 0.15) is 18.1 Å². The topological polar surface area (TPSA) is 107 Å². The molecule has 0 saturated carbocycles. The van der Waals surface area contributed by atoms with Gasteiger partial charge in [0.2, 0.25) is 5.76 Å². The quantitative estimate of drug-likeness (QED) is 0.195. The molecule has 1 aliphatic heterocycles. The molecule has 3 amide bonds. The molecule has 1 aromatic heterocycles. The second kappa shape index (κ2) is 11.3. The van der Waals surface area contributed by atoms with Crippen molar-refractivity contribution in [2.45, 2.75) is 13.2 Å². The Balaban J connectivity index is 1.51. The fraction of sp³-hybridized carbons (Fsp3) is 0.160. The Labute approximate surface area is 230 Å². The van der Waals surface area contributed by atoms with Crippen LogP contribution in [0.25, 0.3) is 6.08 Å². The average molecular weight is 610 g/mol. The summed E-state index contributed by atoms with van der Waals surface area (Å²) in [5.74, 6) is -0.145. The number of rotatable bonds is 8. The molecule has 37 heavy (non-hydrogen) atoms. The number of nitrogens with zero attached hydrogens (tertiary/aromatic N) is 1. The zero-order chi connectivity index (χ0) is 26.7. The van der Waals surface area contributed by atoms with Crippen molar-refractivity contribution < 1.29 is 33.0 Å². The first-order valence-electron chi connectivity index (χ1n) is 10.7. The number of amides is 3. The third-order valence-electron chi connectivity index (χ3n) is 5.29. The molecule has 0 bridgehead atoms. The highest BCUT2D eigenvalue weighted by atomic mass is 79.9. The smallest absolute Gasteiger partial charge is 0.373 e. The van der Waals surface area contributed by atoms with E-state index in [-0.39, 0.29) is 30.4 Å². The predicted octanol–water partition coefficient (Wildman–Crippen LogP) is 5.82. The molecular weight excluding hydrogens is 591 g/mol. The van der Waals surface area contributed by atoms with Crippen molar-refractivity contribution in [1.29, 1.82) is 0 Å². The average Bonchev–Trinajstić information content (AvgIpc) is 3.46. The van der Waals surface area contributed by atoms with E-state index in [9.17, 15) is 14.4 Å². The van der Waals surface area contributed by atoms with Gasteiger partial charge < -0.3 is 23.9 Å². The monoisotopic (exact) mass is 608 g/mol. The number of methoxy groups -OCH3 is 2. The molecule has 0 radical (unpaired) electrons. The normalized spacial score (nSPS) is 14.2. The van der Waals surface area contributed by atoms with Gasteiger partial charge in [-0.05, 0) is 53.6 Å². The molecule has 9 nitrogen and oxygen atoms in total. The summed E-state index contributed by atoms with van der Waals surface area (Å²) < 4.78 is 21.9. The minimum atomic E-state index is -0.660. The standard InChI is InChI=1S/C25H19BrCl2N2O7/c1-34-21-9-14(16(26)10-22(21)36-12-13-3-5-17(27)18(28)7-13)8-19-23(31)30(25(33)29-19)11-15-4-6-20(37-15)24(32)35-2/h3-10H,11-12H2,1-2H3,(H,29,33)/b19-8-. The Hall–Kier alpha value is -3.47. The van der Waals surface area contributed by atoms with E-state index in [4.69, 9.17) is 37.1 Å². The summed E-state index contributed by atoms with van der Waals surface area (Å²) in [5.41, 5.74) is 1.43. The van der Waals surface area contributed by atoms with E-state index in [0.29, 0.717) is 31.6 Å². The van der Waals surface area contributed by atoms with Crippen LogP contribution in [0.4, 0.5) is 4.79 Å². The van der Waals surface area contributed by atoms with Crippen molar-refractivity contribution in [3.05, 3.63) is 85.3 Å². The van der Waals surface area contributed by atoms with Crippen molar-refractivity contribution in [2.24, 2.45) is 0 Å². The number of carbonyl (C=O) groups excluding carboxylic acids is 3. The Bertz CT molecular complexity index is 1420. The second-order valence-electron chi connectivity index (χ2n) is 7.70. The van der Waals surface area contributed by atoms with Crippen molar-refractivity contribution >= 4 is 63.1 Å². The van der Waals surface area contributed by atoms with Gasteiger partial charge in [-0.1, -0.05) is 45.2 Å². The number of halogens is 3. The van der Waals surface area contributed by atoms with Crippen LogP contribution in [0.1, 0.15) is 27.4 Å². The molecule has 0 atom stereocenters. The fourth-order valence-corrected chi connectivity index (χ4v) is 4.18. The molecule has 0 unspecified atom stereocenters. The minimum absolute atomic E-state index is 0.0298. The third-order valence-corrected chi connectivity index (χ3v) is 6.71. The maximum Gasteiger partial charge on any atom is 0.373 e. The molecule has 3 aromatic rings. The number of furan rings is 1. The van der Waals surface area contributed by atoms with Gasteiger partial charge in [-0.25, -0.2) is 9.59 Å². The molecule has 12 heteroatoms. The Morgan fingerprint density at radius 1 is 1.08 bits per heavy atom. The lowest BCUT2D eigenvalue weighted by Gasteiger charge is -2.13. The molecule has 1 saturated heterocycles.